The van der Waals surface area contributed by atoms with Crippen molar-refractivity contribution < 1.29 is 4.74 Å². The van der Waals surface area contributed by atoms with E-state index in [1.807, 2.05) is 43.1 Å². The molecule has 1 N–H and O–H groups in total. The van der Waals surface area contributed by atoms with E-state index < -0.39 is 0 Å². The minimum atomic E-state index is 0. The Morgan fingerprint density at radius 1 is 1.25 bits per heavy atom. The number of ether oxygens (including phenoxy) is 1. The van der Waals surface area contributed by atoms with Gasteiger partial charge < -0.3 is 24.4 Å². The molecule has 1 aromatic carbocycles. The highest BCUT2D eigenvalue weighted by molar-refractivity contribution is 14.0. The fraction of sp³-hybridized carbons (Fsp3) is 0.450. The quantitative estimate of drug-likeness (QED) is 0.345. The molecular formula is C20H31ClIN5O. The van der Waals surface area contributed by atoms with E-state index in [-0.39, 0.29) is 30.0 Å². The van der Waals surface area contributed by atoms with Crippen LogP contribution in [0.3, 0.4) is 0 Å². The van der Waals surface area contributed by atoms with Gasteiger partial charge in [-0.2, -0.15) is 0 Å². The van der Waals surface area contributed by atoms with Gasteiger partial charge in [0.1, 0.15) is 5.75 Å². The molecule has 0 spiro atoms. The molecule has 1 heterocycles. The van der Waals surface area contributed by atoms with Gasteiger partial charge in [0.15, 0.2) is 5.96 Å². The molecule has 0 fully saturated rings. The smallest absolute Gasteiger partial charge is 0.193 e. The number of aromatic nitrogens is 1. The van der Waals surface area contributed by atoms with E-state index in [1.165, 1.54) is 5.56 Å². The fourth-order valence-corrected chi connectivity index (χ4v) is 3.31. The van der Waals surface area contributed by atoms with E-state index in [4.69, 9.17) is 16.3 Å². The van der Waals surface area contributed by atoms with Crippen LogP contribution in [0.2, 0.25) is 5.02 Å². The van der Waals surface area contributed by atoms with Crippen molar-refractivity contribution in [3.05, 3.63) is 52.8 Å². The fourth-order valence-electron chi connectivity index (χ4n) is 3.04. The van der Waals surface area contributed by atoms with Crippen LogP contribution in [0.5, 0.6) is 5.75 Å². The van der Waals surface area contributed by atoms with Crippen LogP contribution in [-0.4, -0.2) is 62.2 Å². The van der Waals surface area contributed by atoms with E-state index in [9.17, 15) is 0 Å². The lowest BCUT2D eigenvalue weighted by Crippen LogP contribution is -2.42. The topological polar surface area (TPSA) is 45.0 Å². The first-order valence-corrected chi connectivity index (χ1v) is 9.26. The molecule has 1 aromatic heterocycles. The predicted molar refractivity (Wildman–Crippen MR) is 128 cm³/mol. The number of rotatable bonds is 7. The number of hydrogen-bond donors (Lipinski definition) is 1. The summed E-state index contributed by atoms with van der Waals surface area (Å²) in [5.41, 5.74) is 2.35. The van der Waals surface area contributed by atoms with E-state index in [2.05, 4.69) is 46.3 Å². The van der Waals surface area contributed by atoms with Crippen LogP contribution in [0.25, 0.3) is 0 Å². The van der Waals surface area contributed by atoms with Crippen LogP contribution in [0.4, 0.5) is 0 Å². The number of hydrogen-bond acceptors (Lipinski definition) is 3. The number of nitrogens with zero attached hydrogens (tertiary/aromatic N) is 4. The molecular weight excluding hydrogens is 489 g/mol. The van der Waals surface area contributed by atoms with Gasteiger partial charge in [0.05, 0.1) is 24.7 Å². The molecule has 0 saturated carbocycles. The number of nitrogens with one attached hydrogen (secondary N) is 1. The summed E-state index contributed by atoms with van der Waals surface area (Å²) < 4.78 is 7.29. The number of guanidine groups is 1. The van der Waals surface area contributed by atoms with Gasteiger partial charge in [-0.3, -0.25) is 4.99 Å². The average Bonchev–Trinajstić information content (AvgIpc) is 2.95. The van der Waals surface area contributed by atoms with Crippen molar-refractivity contribution in [1.82, 2.24) is 19.7 Å². The van der Waals surface area contributed by atoms with Gasteiger partial charge in [-0.15, -0.1) is 24.0 Å². The Labute approximate surface area is 190 Å². The molecule has 2 aromatic rings. The first-order chi connectivity index (χ1) is 12.8. The Kier molecular flexibility index (Phi) is 10.1. The van der Waals surface area contributed by atoms with Crippen LogP contribution >= 0.6 is 35.6 Å². The third-order valence-electron chi connectivity index (χ3n) is 4.62. The summed E-state index contributed by atoms with van der Waals surface area (Å²) in [6.45, 7) is 1.46. The maximum absolute atomic E-state index is 6.09. The zero-order chi connectivity index (χ0) is 20.0. The van der Waals surface area contributed by atoms with Crippen LogP contribution in [0, 0.1) is 0 Å². The summed E-state index contributed by atoms with van der Waals surface area (Å²) in [5, 5.41) is 4.23. The molecule has 0 aliphatic heterocycles. The van der Waals surface area contributed by atoms with E-state index >= 15 is 0 Å². The highest BCUT2D eigenvalue weighted by Gasteiger charge is 2.16. The molecule has 8 heteroatoms. The van der Waals surface area contributed by atoms with Gasteiger partial charge in [-0.25, -0.2) is 0 Å². The lowest BCUT2D eigenvalue weighted by atomic mass is 10.1. The summed E-state index contributed by atoms with van der Waals surface area (Å²) in [7, 11) is 11.7. The number of benzene rings is 1. The summed E-state index contributed by atoms with van der Waals surface area (Å²) in [6, 6.07) is 10.4. The van der Waals surface area contributed by atoms with Gasteiger partial charge in [0.25, 0.3) is 0 Å². The first-order valence-electron chi connectivity index (χ1n) is 8.88. The summed E-state index contributed by atoms with van der Waals surface area (Å²) >= 11 is 6.09. The minimum absolute atomic E-state index is 0. The van der Waals surface area contributed by atoms with Crippen molar-refractivity contribution in [2.45, 2.75) is 12.6 Å². The zero-order valence-corrected chi connectivity index (χ0v) is 20.5. The molecule has 0 saturated heterocycles. The monoisotopic (exact) mass is 519 g/mol. The highest BCUT2D eigenvalue weighted by Crippen LogP contribution is 2.21. The maximum Gasteiger partial charge on any atom is 0.193 e. The Hall–Kier alpha value is -1.45. The molecule has 0 aliphatic carbocycles. The largest absolute Gasteiger partial charge is 0.497 e. The van der Waals surface area contributed by atoms with Crippen LogP contribution in [0.15, 0.2) is 41.5 Å². The maximum atomic E-state index is 6.09. The summed E-state index contributed by atoms with van der Waals surface area (Å²) in [6.07, 6.45) is 1.91. The van der Waals surface area contributed by atoms with Gasteiger partial charge in [0, 0.05) is 39.6 Å². The summed E-state index contributed by atoms with van der Waals surface area (Å²) in [4.78, 5) is 8.71. The normalized spacial score (nSPS) is 12.5. The molecule has 2 rings (SSSR count). The standard InChI is InChI=1S/C20H30ClN5O.HI/c1-22-20(26(5)14-17-11-16(21)13-25(17)4)23-12-19(24(2)3)15-7-9-18(27-6)10-8-15;/h7-11,13,19H,12,14H2,1-6H3,(H,22,23);1H. The van der Waals surface area contributed by atoms with Crippen molar-refractivity contribution in [2.24, 2.45) is 12.0 Å². The predicted octanol–water partition coefficient (Wildman–Crippen LogP) is 3.62. The minimum Gasteiger partial charge on any atom is -0.497 e. The van der Waals surface area contributed by atoms with E-state index in [0.29, 0.717) is 0 Å². The van der Waals surface area contributed by atoms with Gasteiger partial charge >= 0.3 is 0 Å². The average molecular weight is 520 g/mol. The highest BCUT2D eigenvalue weighted by atomic mass is 127. The second-order valence-electron chi connectivity index (χ2n) is 6.80. The van der Waals surface area contributed by atoms with E-state index in [1.54, 1.807) is 14.2 Å². The molecule has 0 bridgehead atoms. The third-order valence-corrected chi connectivity index (χ3v) is 4.83. The Bertz CT molecular complexity index is 760. The molecule has 6 nitrogen and oxygen atoms in total. The first kappa shape index (κ1) is 24.6. The number of halogens is 2. The molecule has 28 heavy (non-hydrogen) atoms. The Morgan fingerprint density at radius 2 is 1.89 bits per heavy atom. The number of aryl methyl sites for hydroxylation is 1. The van der Waals surface area contributed by atoms with Crippen LogP contribution in [0.1, 0.15) is 17.3 Å². The van der Waals surface area contributed by atoms with Gasteiger partial charge in [-0.1, -0.05) is 23.7 Å². The molecule has 0 radical (unpaired) electrons. The van der Waals surface area contributed by atoms with Crippen molar-refractivity contribution in [3.8, 4) is 5.75 Å². The lowest BCUT2D eigenvalue weighted by Gasteiger charge is -2.28. The van der Waals surface area contributed by atoms with Gasteiger partial charge in [-0.05, 0) is 37.9 Å². The second-order valence-corrected chi connectivity index (χ2v) is 7.23. The van der Waals surface area contributed by atoms with Crippen LogP contribution in [-0.2, 0) is 13.6 Å². The van der Waals surface area contributed by atoms with Crippen LogP contribution < -0.4 is 10.1 Å². The van der Waals surface area contributed by atoms with Crippen molar-refractivity contribution in [1.29, 1.82) is 0 Å². The van der Waals surface area contributed by atoms with Gasteiger partial charge in [0.2, 0.25) is 0 Å². The summed E-state index contributed by atoms with van der Waals surface area (Å²) in [5.74, 6) is 1.70. The zero-order valence-electron chi connectivity index (χ0n) is 17.4. The second kappa shape index (κ2) is 11.5. The Balaban J connectivity index is 0.00000392. The van der Waals surface area contributed by atoms with E-state index in [0.717, 1.165) is 35.5 Å². The lowest BCUT2D eigenvalue weighted by molar-refractivity contribution is 0.295. The molecule has 0 amide bonds. The van der Waals surface area contributed by atoms with Crippen molar-refractivity contribution >= 4 is 41.5 Å². The number of likely N-dealkylation sites (N-methyl/N-ethyl adjacent to an activating group) is 1. The molecule has 1 unspecified atom stereocenters. The third kappa shape index (κ3) is 6.56. The molecule has 0 aliphatic rings. The molecule has 1 atom stereocenters. The SMILES string of the molecule is CN=C(NCC(c1ccc(OC)cc1)N(C)C)N(C)Cc1cc(Cl)cn1C.I. The number of aliphatic imine (C=N–C) groups is 1. The van der Waals surface area contributed by atoms with Crippen molar-refractivity contribution in [2.75, 3.05) is 41.8 Å². The Morgan fingerprint density at radius 3 is 2.36 bits per heavy atom. The molecule has 156 valence electrons. The number of methoxy groups -OCH3 is 1. The van der Waals surface area contributed by atoms with Crippen molar-refractivity contribution in [3.63, 3.8) is 0 Å².